The zero-order valence-electron chi connectivity index (χ0n) is 10.1. The summed E-state index contributed by atoms with van der Waals surface area (Å²) in [7, 11) is 0. The van der Waals surface area contributed by atoms with Crippen molar-refractivity contribution in [3.05, 3.63) is 35.4 Å². The van der Waals surface area contributed by atoms with E-state index in [1.807, 2.05) is 0 Å². The maximum atomic E-state index is 13.5. The molecule has 0 spiro atoms. The van der Waals surface area contributed by atoms with Crippen molar-refractivity contribution in [1.29, 1.82) is 0 Å². The summed E-state index contributed by atoms with van der Waals surface area (Å²) >= 11 is 0. The molecular weight excluding hydrogens is 256 g/mol. The summed E-state index contributed by atoms with van der Waals surface area (Å²) in [6.07, 6.45) is 1.32. The smallest absolute Gasteiger partial charge is 0.305 e. The number of carbonyl (C=O) groups is 2. The Balaban J connectivity index is 2.18. The van der Waals surface area contributed by atoms with E-state index in [1.54, 1.807) is 0 Å². The largest absolute Gasteiger partial charge is 0.481 e. The highest BCUT2D eigenvalue weighted by molar-refractivity contribution is 5.95. The number of hydrogen-bond donors (Lipinski definition) is 1. The molecule has 1 fully saturated rings. The summed E-state index contributed by atoms with van der Waals surface area (Å²) in [5.41, 5.74) is -0.350. The van der Waals surface area contributed by atoms with E-state index < -0.39 is 23.5 Å². The molecule has 1 aliphatic carbocycles. The van der Waals surface area contributed by atoms with E-state index in [9.17, 15) is 18.4 Å². The molecule has 0 aromatic heterocycles. The highest BCUT2D eigenvalue weighted by atomic mass is 19.1. The second-order valence-electron chi connectivity index (χ2n) is 4.50. The van der Waals surface area contributed by atoms with Gasteiger partial charge in [-0.25, -0.2) is 8.78 Å². The molecule has 0 bridgehead atoms. The van der Waals surface area contributed by atoms with Gasteiger partial charge in [0.15, 0.2) is 0 Å². The summed E-state index contributed by atoms with van der Waals surface area (Å²) in [6.45, 7) is 0.00872. The Morgan fingerprint density at radius 1 is 1.32 bits per heavy atom. The lowest BCUT2D eigenvalue weighted by Crippen LogP contribution is -2.35. The molecule has 2 rings (SSSR count). The van der Waals surface area contributed by atoms with Gasteiger partial charge in [-0.1, -0.05) is 0 Å². The summed E-state index contributed by atoms with van der Waals surface area (Å²) in [6, 6.07) is 2.61. The van der Waals surface area contributed by atoms with Gasteiger partial charge in [0.1, 0.15) is 11.6 Å². The van der Waals surface area contributed by atoms with Gasteiger partial charge in [-0.05, 0) is 31.0 Å². The number of rotatable bonds is 5. The molecule has 6 heteroatoms. The van der Waals surface area contributed by atoms with Crippen LogP contribution in [0.3, 0.4) is 0 Å². The Morgan fingerprint density at radius 3 is 2.58 bits per heavy atom. The normalized spacial score (nSPS) is 14.2. The first-order valence-corrected chi connectivity index (χ1v) is 5.97. The molecule has 1 aromatic carbocycles. The van der Waals surface area contributed by atoms with Crippen molar-refractivity contribution in [2.24, 2.45) is 0 Å². The molecule has 1 amide bonds. The highest BCUT2D eigenvalue weighted by Gasteiger charge is 2.34. The van der Waals surface area contributed by atoms with E-state index in [4.69, 9.17) is 5.11 Å². The molecule has 19 heavy (non-hydrogen) atoms. The van der Waals surface area contributed by atoms with E-state index >= 15 is 0 Å². The Labute approximate surface area is 108 Å². The van der Waals surface area contributed by atoms with Gasteiger partial charge < -0.3 is 10.0 Å². The van der Waals surface area contributed by atoms with E-state index in [0.717, 1.165) is 31.0 Å². The molecule has 0 atom stereocenters. The van der Waals surface area contributed by atoms with E-state index in [2.05, 4.69) is 0 Å². The van der Waals surface area contributed by atoms with Crippen molar-refractivity contribution in [1.82, 2.24) is 4.90 Å². The fraction of sp³-hybridized carbons (Fsp3) is 0.385. The second-order valence-corrected chi connectivity index (χ2v) is 4.50. The van der Waals surface area contributed by atoms with Crippen LogP contribution in [0.2, 0.25) is 0 Å². The minimum atomic E-state index is -1.03. The van der Waals surface area contributed by atoms with Gasteiger partial charge >= 0.3 is 5.97 Å². The Kier molecular flexibility index (Phi) is 3.78. The number of nitrogens with zero attached hydrogens (tertiary/aromatic N) is 1. The lowest BCUT2D eigenvalue weighted by molar-refractivity contribution is -0.137. The van der Waals surface area contributed by atoms with Gasteiger partial charge in [0, 0.05) is 12.6 Å². The fourth-order valence-corrected chi connectivity index (χ4v) is 1.87. The maximum Gasteiger partial charge on any atom is 0.305 e. The van der Waals surface area contributed by atoms with Gasteiger partial charge in [0.05, 0.1) is 12.0 Å². The molecule has 1 aliphatic rings. The highest BCUT2D eigenvalue weighted by Crippen LogP contribution is 2.29. The minimum Gasteiger partial charge on any atom is -0.481 e. The van der Waals surface area contributed by atoms with Crippen LogP contribution in [0.4, 0.5) is 8.78 Å². The third-order valence-electron chi connectivity index (χ3n) is 2.97. The summed E-state index contributed by atoms with van der Waals surface area (Å²) in [5, 5.41) is 8.64. The minimum absolute atomic E-state index is 0.00872. The predicted molar refractivity (Wildman–Crippen MR) is 62.7 cm³/mol. The third-order valence-corrected chi connectivity index (χ3v) is 2.97. The molecule has 0 saturated heterocycles. The first kappa shape index (κ1) is 13.5. The van der Waals surface area contributed by atoms with Gasteiger partial charge in [0.25, 0.3) is 5.91 Å². The average molecular weight is 269 g/mol. The molecule has 0 unspecified atom stereocenters. The molecule has 0 radical (unpaired) electrons. The van der Waals surface area contributed by atoms with E-state index in [0.29, 0.717) is 0 Å². The van der Waals surface area contributed by atoms with Gasteiger partial charge in [-0.3, -0.25) is 9.59 Å². The van der Waals surface area contributed by atoms with Gasteiger partial charge in [-0.2, -0.15) is 0 Å². The van der Waals surface area contributed by atoms with Crippen molar-refractivity contribution in [3.8, 4) is 0 Å². The van der Waals surface area contributed by atoms with Crippen LogP contribution in [0.25, 0.3) is 0 Å². The number of carbonyl (C=O) groups excluding carboxylic acids is 1. The maximum absolute atomic E-state index is 13.5. The number of benzene rings is 1. The number of hydrogen-bond acceptors (Lipinski definition) is 2. The zero-order valence-corrected chi connectivity index (χ0v) is 10.1. The third kappa shape index (κ3) is 3.27. The molecule has 102 valence electrons. The van der Waals surface area contributed by atoms with Crippen molar-refractivity contribution in [3.63, 3.8) is 0 Å². The molecule has 4 nitrogen and oxygen atoms in total. The van der Waals surface area contributed by atoms with Crippen LogP contribution in [0, 0.1) is 11.6 Å². The van der Waals surface area contributed by atoms with Gasteiger partial charge in [0.2, 0.25) is 0 Å². The predicted octanol–water partition coefficient (Wildman–Crippen LogP) is 2.04. The number of amides is 1. The fourth-order valence-electron chi connectivity index (χ4n) is 1.87. The first-order valence-electron chi connectivity index (χ1n) is 5.97. The van der Waals surface area contributed by atoms with Crippen LogP contribution in [0.5, 0.6) is 0 Å². The Bertz CT molecular complexity index is 515. The van der Waals surface area contributed by atoms with Crippen molar-refractivity contribution < 1.29 is 23.5 Å². The zero-order chi connectivity index (χ0) is 14.0. The molecular formula is C13H13F2NO3. The van der Waals surface area contributed by atoms with Crippen LogP contribution in [-0.2, 0) is 4.79 Å². The lowest BCUT2D eigenvalue weighted by atomic mass is 10.1. The molecule has 1 aromatic rings. The van der Waals surface area contributed by atoms with E-state index in [-0.39, 0.29) is 24.6 Å². The van der Waals surface area contributed by atoms with Crippen molar-refractivity contribution in [2.45, 2.75) is 25.3 Å². The number of carboxylic acid groups (broad SMARTS) is 1. The standard InChI is InChI=1S/C13H13F2NO3/c14-8-1-4-11(15)10(7-8)13(19)16(9-2-3-9)6-5-12(17)18/h1,4,7,9H,2-3,5-6H2,(H,17,18). The number of aliphatic carboxylic acids is 1. The molecule has 0 heterocycles. The second kappa shape index (κ2) is 5.34. The Hall–Kier alpha value is -1.98. The Morgan fingerprint density at radius 2 is 2.00 bits per heavy atom. The summed E-state index contributed by atoms with van der Waals surface area (Å²) in [5.74, 6) is -3.18. The van der Waals surface area contributed by atoms with Crippen LogP contribution >= 0.6 is 0 Å². The van der Waals surface area contributed by atoms with Crippen LogP contribution in [0.15, 0.2) is 18.2 Å². The monoisotopic (exact) mass is 269 g/mol. The topological polar surface area (TPSA) is 57.6 Å². The SMILES string of the molecule is O=C(O)CCN(C(=O)c1cc(F)ccc1F)C1CC1. The lowest BCUT2D eigenvalue weighted by Gasteiger charge is -2.21. The van der Waals surface area contributed by atoms with Crippen molar-refractivity contribution >= 4 is 11.9 Å². The molecule has 1 saturated carbocycles. The van der Waals surface area contributed by atoms with Crippen LogP contribution < -0.4 is 0 Å². The number of carboxylic acids is 1. The average Bonchev–Trinajstić information content (AvgIpc) is 3.16. The molecule has 1 N–H and O–H groups in total. The molecule has 0 aliphatic heterocycles. The van der Waals surface area contributed by atoms with E-state index in [1.165, 1.54) is 4.90 Å². The van der Waals surface area contributed by atoms with Crippen LogP contribution in [-0.4, -0.2) is 34.5 Å². The number of halogens is 2. The first-order chi connectivity index (χ1) is 8.99. The quantitative estimate of drug-likeness (QED) is 0.890. The van der Waals surface area contributed by atoms with Crippen molar-refractivity contribution in [2.75, 3.05) is 6.54 Å². The summed E-state index contributed by atoms with van der Waals surface area (Å²) in [4.78, 5) is 24.0. The van der Waals surface area contributed by atoms with Crippen LogP contribution in [0.1, 0.15) is 29.6 Å². The summed E-state index contributed by atoms with van der Waals surface area (Å²) < 4.78 is 26.6. The van der Waals surface area contributed by atoms with Gasteiger partial charge in [-0.15, -0.1) is 0 Å².